The first-order chi connectivity index (χ1) is 9.78. The number of aliphatic hydroxyl groups is 1. The molecule has 100 valence electrons. The largest absolute Gasteiger partial charge is 0.392 e. The van der Waals surface area contributed by atoms with Crippen LogP contribution in [0, 0.1) is 0 Å². The zero-order chi connectivity index (χ0) is 13.9. The van der Waals surface area contributed by atoms with Gasteiger partial charge in [-0.1, -0.05) is 36.4 Å². The van der Waals surface area contributed by atoms with Crippen molar-refractivity contribution in [3.8, 4) is 17.1 Å². The molecule has 20 heavy (non-hydrogen) atoms. The molecule has 0 bridgehead atoms. The highest BCUT2D eigenvalue weighted by atomic mass is 79.9. The number of aromatic nitrogens is 4. The zero-order valence-electron chi connectivity index (χ0n) is 10.4. The molecule has 3 rings (SSSR count). The first kappa shape index (κ1) is 13.0. The second-order valence-electron chi connectivity index (χ2n) is 4.21. The smallest absolute Gasteiger partial charge is 0.205 e. The molecule has 5 nitrogen and oxygen atoms in total. The van der Waals surface area contributed by atoms with Crippen LogP contribution in [0.4, 0.5) is 0 Å². The number of tetrazole rings is 1. The summed E-state index contributed by atoms with van der Waals surface area (Å²) < 4.78 is 0.807. The maximum Gasteiger partial charge on any atom is 0.205 e. The second kappa shape index (κ2) is 5.52. The summed E-state index contributed by atoms with van der Waals surface area (Å²) in [5.74, 6) is 0.573. The second-order valence-corrected chi connectivity index (χ2v) is 5.07. The standard InChI is InChI=1S/C14H11BrN4O/c15-12-8-10(9-20)6-7-13(12)19-17-14(16-18-19)11-4-2-1-3-5-11/h1-8,20H,9H2. The molecule has 0 fully saturated rings. The number of benzene rings is 2. The average molecular weight is 331 g/mol. The number of nitrogens with zero attached hydrogens (tertiary/aromatic N) is 4. The van der Waals surface area contributed by atoms with Gasteiger partial charge in [-0.25, -0.2) is 0 Å². The molecule has 3 aromatic rings. The summed E-state index contributed by atoms with van der Waals surface area (Å²) in [7, 11) is 0. The van der Waals surface area contributed by atoms with Crippen LogP contribution < -0.4 is 0 Å². The van der Waals surface area contributed by atoms with Crippen LogP contribution in [0.25, 0.3) is 17.1 Å². The van der Waals surface area contributed by atoms with E-state index >= 15 is 0 Å². The quantitative estimate of drug-likeness (QED) is 0.801. The first-order valence-corrected chi connectivity index (χ1v) is 6.82. The number of halogens is 1. The molecule has 0 amide bonds. The predicted octanol–water partition coefficient (Wildman–Crippen LogP) is 2.58. The highest BCUT2D eigenvalue weighted by Crippen LogP contribution is 2.22. The van der Waals surface area contributed by atoms with Crippen molar-refractivity contribution in [1.29, 1.82) is 0 Å². The van der Waals surface area contributed by atoms with Crippen molar-refractivity contribution in [1.82, 2.24) is 20.2 Å². The normalized spacial score (nSPS) is 10.7. The van der Waals surface area contributed by atoms with Crippen molar-refractivity contribution < 1.29 is 5.11 Å². The molecule has 2 aromatic carbocycles. The Labute approximate surface area is 124 Å². The van der Waals surface area contributed by atoms with E-state index in [9.17, 15) is 0 Å². The van der Waals surface area contributed by atoms with Gasteiger partial charge >= 0.3 is 0 Å². The van der Waals surface area contributed by atoms with E-state index in [1.807, 2.05) is 48.5 Å². The Morgan fingerprint density at radius 1 is 1.10 bits per heavy atom. The van der Waals surface area contributed by atoms with Gasteiger partial charge in [0.2, 0.25) is 5.82 Å². The Balaban J connectivity index is 1.98. The summed E-state index contributed by atoms with van der Waals surface area (Å²) in [6, 6.07) is 15.2. The summed E-state index contributed by atoms with van der Waals surface area (Å²) in [6.45, 7) is -0.00106. The number of rotatable bonds is 3. The van der Waals surface area contributed by atoms with E-state index in [2.05, 4.69) is 31.3 Å². The predicted molar refractivity (Wildman–Crippen MR) is 78.2 cm³/mol. The van der Waals surface area contributed by atoms with Gasteiger partial charge in [0.05, 0.1) is 6.61 Å². The van der Waals surface area contributed by atoms with Crippen LogP contribution in [-0.4, -0.2) is 25.3 Å². The van der Waals surface area contributed by atoms with Gasteiger partial charge < -0.3 is 5.11 Å². The van der Waals surface area contributed by atoms with Crippen LogP contribution >= 0.6 is 15.9 Å². The van der Waals surface area contributed by atoms with E-state index < -0.39 is 0 Å². The van der Waals surface area contributed by atoms with Crippen molar-refractivity contribution in [2.45, 2.75) is 6.61 Å². The van der Waals surface area contributed by atoms with E-state index in [1.54, 1.807) is 0 Å². The lowest BCUT2D eigenvalue weighted by Gasteiger charge is -2.03. The molecule has 0 aliphatic heterocycles. The molecular formula is C14H11BrN4O. The van der Waals surface area contributed by atoms with E-state index in [1.165, 1.54) is 4.80 Å². The molecule has 0 radical (unpaired) electrons. The monoisotopic (exact) mass is 330 g/mol. The van der Waals surface area contributed by atoms with Gasteiger partial charge in [0.1, 0.15) is 5.69 Å². The van der Waals surface area contributed by atoms with E-state index in [0.717, 1.165) is 21.3 Å². The minimum atomic E-state index is -0.00106. The van der Waals surface area contributed by atoms with Gasteiger partial charge in [-0.15, -0.1) is 15.0 Å². The van der Waals surface area contributed by atoms with Crippen molar-refractivity contribution in [2.75, 3.05) is 0 Å². The van der Waals surface area contributed by atoms with E-state index in [0.29, 0.717) is 5.82 Å². The summed E-state index contributed by atoms with van der Waals surface area (Å²) in [4.78, 5) is 1.47. The van der Waals surface area contributed by atoms with E-state index in [4.69, 9.17) is 5.11 Å². The lowest BCUT2D eigenvalue weighted by molar-refractivity contribution is 0.282. The fourth-order valence-electron chi connectivity index (χ4n) is 1.83. The van der Waals surface area contributed by atoms with Gasteiger partial charge in [-0.2, -0.15) is 0 Å². The minimum absolute atomic E-state index is 0.00106. The van der Waals surface area contributed by atoms with Crippen molar-refractivity contribution in [3.05, 3.63) is 58.6 Å². The molecule has 1 aromatic heterocycles. The molecule has 1 N–H and O–H groups in total. The zero-order valence-corrected chi connectivity index (χ0v) is 12.0. The molecule has 0 spiro atoms. The third-order valence-electron chi connectivity index (χ3n) is 2.86. The molecule has 0 aliphatic carbocycles. The summed E-state index contributed by atoms with van der Waals surface area (Å²) in [5, 5.41) is 21.6. The van der Waals surface area contributed by atoms with Crippen LogP contribution in [0.15, 0.2) is 53.0 Å². The van der Waals surface area contributed by atoms with Crippen molar-refractivity contribution in [2.24, 2.45) is 0 Å². The third kappa shape index (κ3) is 2.48. The Bertz CT molecular complexity index is 727. The maximum absolute atomic E-state index is 9.11. The highest BCUT2D eigenvalue weighted by Gasteiger charge is 2.09. The SMILES string of the molecule is OCc1ccc(-n2nnc(-c3ccccc3)n2)c(Br)c1. The molecule has 0 unspecified atom stereocenters. The number of hydrogen-bond donors (Lipinski definition) is 1. The molecule has 0 atom stereocenters. The topological polar surface area (TPSA) is 63.8 Å². The molecule has 0 aliphatic rings. The lowest BCUT2D eigenvalue weighted by Crippen LogP contribution is -2.00. The lowest BCUT2D eigenvalue weighted by atomic mass is 10.2. The van der Waals surface area contributed by atoms with Crippen LogP contribution in [0.3, 0.4) is 0 Å². The Morgan fingerprint density at radius 3 is 2.60 bits per heavy atom. The van der Waals surface area contributed by atoms with Gasteiger partial charge in [0.15, 0.2) is 0 Å². The summed E-state index contributed by atoms with van der Waals surface area (Å²) in [6.07, 6.45) is 0. The molecule has 6 heteroatoms. The number of aliphatic hydroxyl groups excluding tert-OH is 1. The van der Waals surface area contributed by atoms with Crippen LogP contribution in [0.2, 0.25) is 0 Å². The summed E-state index contributed by atoms with van der Waals surface area (Å²) >= 11 is 3.45. The van der Waals surface area contributed by atoms with Gasteiger partial charge in [0, 0.05) is 10.0 Å². The van der Waals surface area contributed by atoms with E-state index in [-0.39, 0.29) is 6.61 Å². The first-order valence-electron chi connectivity index (χ1n) is 6.03. The Hall–Kier alpha value is -2.05. The molecular weight excluding hydrogens is 320 g/mol. The van der Waals surface area contributed by atoms with Gasteiger partial charge in [-0.05, 0) is 38.8 Å². The molecule has 1 heterocycles. The Morgan fingerprint density at radius 2 is 1.90 bits per heavy atom. The third-order valence-corrected chi connectivity index (χ3v) is 3.49. The van der Waals surface area contributed by atoms with Crippen LogP contribution in [-0.2, 0) is 6.61 Å². The van der Waals surface area contributed by atoms with Gasteiger partial charge in [-0.3, -0.25) is 0 Å². The average Bonchev–Trinajstić information content (AvgIpc) is 2.97. The Kier molecular flexibility index (Phi) is 3.58. The van der Waals surface area contributed by atoms with Crippen molar-refractivity contribution in [3.63, 3.8) is 0 Å². The highest BCUT2D eigenvalue weighted by molar-refractivity contribution is 9.10. The maximum atomic E-state index is 9.11. The summed E-state index contributed by atoms with van der Waals surface area (Å²) in [5.41, 5.74) is 2.52. The fourth-order valence-corrected chi connectivity index (χ4v) is 2.41. The molecule has 0 saturated heterocycles. The van der Waals surface area contributed by atoms with Gasteiger partial charge in [0.25, 0.3) is 0 Å². The fraction of sp³-hybridized carbons (Fsp3) is 0.0714. The number of hydrogen-bond acceptors (Lipinski definition) is 4. The minimum Gasteiger partial charge on any atom is -0.392 e. The van der Waals surface area contributed by atoms with Crippen molar-refractivity contribution >= 4 is 15.9 Å². The van der Waals surface area contributed by atoms with Crippen LogP contribution in [0.5, 0.6) is 0 Å². The molecule has 0 saturated carbocycles. The van der Waals surface area contributed by atoms with Crippen LogP contribution in [0.1, 0.15) is 5.56 Å².